The molecule has 1 aromatic heterocycles. The number of nitrogens with zero attached hydrogens (tertiary/aromatic N) is 3. The summed E-state index contributed by atoms with van der Waals surface area (Å²) in [7, 11) is -3.56. The number of piperidine rings is 1. The molecule has 8 heteroatoms. The number of amides is 1. The van der Waals surface area contributed by atoms with Crippen molar-refractivity contribution in [1.29, 1.82) is 0 Å². The van der Waals surface area contributed by atoms with Crippen molar-refractivity contribution >= 4 is 21.6 Å². The van der Waals surface area contributed by atoms with Gasteiger partial charge in [-0.3, -0.25) is 9.10 Å². The highest BCUT2D eigenvalue weighted by Gasteiger charge is 2.29. The van der Waals surface area contributed by atoms with Gasteiger partial charge in [-0.15, -0.1) is 0 Å². The van der Waals surface area contributed by atoms with Crippen LogP contribution in [0.5, 0.6) is 0 Å². The number of rotatable bonds is 5. The van der Waals surface area contributed by atoms with Crippen molar-refractivity contribution in [3.05, 3.63) is 48.0 Å². The van der Waals surface area contributed by atoms with Gasteiger partial charge in [0.25, 0.3) is 0 Å². The Morgan fingerprint density at radius 2 is 2.23 bits per heavy atom. The van der Waals surface area contributed by atoms with E-state index >= 15 is 0 Å². The van der Waals surface area contributed by atoms with Crippen molar-refractivity contribution in [1.82, 2.24) is 14.9 Å². The van der Waals surface area contributed by atoms with Crippen LogP contribution < -0.4 is 4.31 Å². The maximum Gasteiger partial charge on any atom is 0.243 e. The summed E-state index contributed by atoms with van der Waals surface area (Å²) in [6.07, 6.45) is 6.45. The molecule has 2 aromatic rings. The highest BCUT2D eigenvalue weighted by atomic mass is 32.2. The normalized spacial score (nSPS) is 17.9. The molecular weight excluding hydrogens is 352 g/mol. The fourth-order valence-electron chi connectivity index (χ4n) is 3.33. The Labute approximate surface area is 154 Å². The first-order valence-corrected chi connectivity index (χ1v) is 10.5. The van der Waals surface area contributed by atoms with Crippen LogP contribution in [-0.4, -0.2) is 55.1 Å². The lowest BCUT2D eigenvalue weighted by Gasteiger charge is -2.33. The maximum atomic E-state index is 12.8. The third-order valence-electron chi connectivity index (χ3n) is 4.65. The Bertz CT molecular complexity index is 864. The second-order valence-electron chi connectivity index (χ2n) is 6.76. The lowest BCUT2D eigenvalue weighted by molar-refractivity contribution is -0.130. The standard InChI is InChI=1S/C18H24N4O3S/c1-14-5-3-7-16(11-14)22(26(2,24)25)13-17(23)21-10-4-6-15(12-21)18-19-8-9-20-18/h3,5,7-9,11,15H,4,6,10,12-13H2,1-2H3,(H,19,20)/t15-/m0/s1. The van der Waals surface area contributed by atoms with Crippen molar-refractivity contribution in [2.45, 2.75) is 25.7 Å². The summed E-state index contributed by atoms with van der Waals surface area (Å²) in [4.78, 5) is 22.0. The fourth-order valence-corrected chi connectivity index (χ4v) is 4.18. The van der Waals surface area contributed by atoms with Gasteiger partial charge in [0.1, 0.15) is 12.4 Å². The molecule has 1 N–H and O–H groups in total. The molecule has 0 unspecified atom stereocenters. The lowest BCUT2D eigenvalue weighted by Crippen LogP contribution is -2.46. The van der Waals surface area contributed by atoms with Crippen molar-refractivity contribution in [2.24, 2.45) is 0 Å². The van der Waals surface area contributed by atoms with Crippen LogP contribution in [0.3, 0.4) is 0 Å². The van der Waals surface area contributed by atoms with Gasteiger partial charge in [0.2, 0.25) is 15.9 Å². The van der Waals surface area contributed by atoms with Gasteiger partial charge in [0, 0.05) is 31.4 Å². The van der Waals surface area contributed by atoms with Gasteiger partial charge >= 0.3 is 0 Å². The minimum Gasteiger partial charge on any atom is -0.348 e. The van der Waals surface area contributed by atoms with Crippen LogP contribution in [0.25, 0.3) is 0 Å². The topological polar surface area (TPSA) is 86.4 Å². The van der Waals surface area contributed by atoms with E-state index in [0.717, 1.165) is 30.5 Å². The predicted octanol–water partition coefficient (Wildman–Crippen LogP) is 1.89. The van der Waals surface area contributed by atoms with Gasteiger partial charge in [0.15, 0.2) is 0 Å². The average Bonchev–Trinajstić information content (AvgIpc) is 3.13. The van der Waals surface area contributed by atoms with Gasteiger partial charge < -0.3 is 9.88 Å². The summed E-state index contributed by atoms with van der Waals surface area (Å²) in [6.45, 7) is 2.90. The largest absolute Gasteiger partial charge is 0.348 e. The number of aromatic amines is 1. The number of carbonyl (C=O) groups excluding carboxylic acids is 1. The highest BCUT2D eigenvalue weighted by molar-refractivity contribution is 7.92. The smallest absolute Gasteiger partial charge is 0.243 e. The number of H-pyrrole nitrogens is 1. The Kier molecular flexibility index (Phi) is 5.31. The molecule has 7 nitrogen and oxygen atoms in total. The second kappa shape index (κ2) is 7.49. The van der Waals surface area contributed by atoms with E-state index in [1.165, 1.54) is 4.31 Å². The van der Waals surface area contributed by atoms with E-state index in [9.17, 15) is 13.2 Å². The molecule has 3 rings (SSSR count). The predicted molar refractivity (Wildman–Crippen MR) is 101 cm³/mol. The molecule has 1 fully saturated rings. The molecule has 0 saturated carbocycles. The highest BCUT2D eigenvalue weighted by Crippen LogP contribution is 2.25. The number of aryl methyl sites for hydroxylation is 1. The Balaban J connectivity index is 1.75. The summed E-state index contributed by atoms with van der Waals surface area (Å²) in [5, 5.41) is 0. The first-order chi connectivity index (χ1) is 12.3. The fraction of sp³-hybridized carbons (Fsp3) is 0.444. The van der Waals surface area contributed by atoms with E-state index in [1.807, 2.05) is 13.0 Å². The number of carbonyl (C=O) groups is 1. The van der Waals surface area contributed by atoms with E-state index in [2.05, 4.69) is 9.97 Å². The molecule has 1 aliphatic rings. The van der Waals surface area contributed by atoms with E-state index in [4.69, 9.17) is 0 Å². The molecule has 140 valence electrons. The molecule has 0 spiro atoms. The van der Waals surface area contributed by atoms with Crippen LogP contribution in [0.15, 0.2) is 36.7 Å². The first kappa shape index (κ1) is 18.4. The molecule has 0 bridgehead atoms. The third-order valence-corrected chi connectivity index (χ3v) is 5.79. The minimum absolute atomic E-state index is 0.161. The molecule has 1 aromatic carbocycles. The number of imidazole rings is 1. The number of sulfonamides is 1. The number of aromatic nitrogens is 2. The molecule has 2 heterocycles. The molecule has 1 aliphatic heterocycles. The zero-order valence-corrected chi connectivity index (χ0v) is 15.9. The van der Waals surface area contributed by atoms with Crippen LogP contribution in [-0.2, 0) is 14.8 Å². The third kappa shape index (κ3) is 4.24. The van der Waals surface area contributed by atoms with Gasteiger partial charge in [-0.2, -0.15) is 0 Å². The Hall–Kier alpha value is -2.35. The molecule has 1 saturated heterocycles. The SMILES string of the molecule is Cc1cccc(N(CC(=O)N2CCC[C@H](c3ncc[nH]3)C2)S(C)(=O)=O)c1. The molecular formula is C18H24N4O3S. The molecule has 1 atom stereocenters. The second-order valence-corrected chi connectivity index (χ2v) is 8.67. The number of nitrogens with one attached hydrogen (secondary N) is 1. The number of benzene rings is 1. The number of likely N-dealkylation sites (tertiary alicyclic amines) is 1. The van der Waals surface area contributed by atoms with Crippen molar-refractivity contribution in [3.8, 4) is 0 Å². The van der Waals surface area contributed by atoms with E-state index in [0.29, 0.717) is 18.8 Å². The summed E-state index contributed by atoms with van der Waals surface area (Å²) in [5.41, 5.74) is 1.46. The zero-order chi connectivity index (χ0) is 18.7. The van der Waals surface area contributed by atoms with Crippen LogP contribution in [0, 0.1) is 6.92 Å². The van der Waals surface area contributed by atoms with Crippen LogP contribution in [0.1, 0.15) is 30.1 Å². The zero-order valence-electron chi connectivity index (χ0n) is 15.1. The lowest BCUT2D eigenvalue weighted by atomic mass is 9.97. The van der Waals surface area contributed by atoms with Gasteiger partial charge in [-0.1, -0.05) is 12.1 Å². The van der Waals surface area contributed by atoms with Gasteiger partial charge in [-0.25, -0.2) is 13.4 Å². The maximum absolute atomic E-state index is 12.8. The van der Waals surface area contributed by atoms with Crippen molar-refractivity contribution in [2.75, 3.05) is 30.2 Å². The minimum atomic E-state index is -3.56. The monoisotopic (exact) mass is 376 g/mol. The van der Waals surface area contributed by atoms with Gasteiger partial charge in [0.05, 0.1) is 11.9 Å². The van der Waals surface area contributed by atoms with Crippen molar-refractivity contribution in [3.63, 3.8) is 0 Å². The quantitative estimate of drug-likeness (QED) is 0.863. The van der Waals surface area contributed by atoms with Gasteiger partial charge in [-0.05, 0) is 37.5 Å². The first-order valence-electron chi connectivity index (χ1n) is 8.66. The molecule has 0 radical (unpaired) electrons. The van der Waals surface area contributed by atoms with E-state index in [-0.39, 0.29) is 18.4 Å². The summed E-state index contributed by atoms with van der Waals surface area (Å²) in [6, 6.07) is 7.17. The van der Waals surface area contributed by atoms with E-state index < -0.39 is 10.0 Å². The summed E-state index contributed by atoms with van der Waals surface area (Å²) < 4.78 is 25.7. The molecule has 26 heavy (non-hydrogen) atoms. The average molecular weight is 376 g/mol. The Morgan fingerprint density at radius 3 is 2.88 bits per heavy atom. The Morgan fingerprint density at radius 1 is 1.42 bits per heavy atom. The molecule has 0 aliphatic carbocycles. The van der Waals surface area contributed by atoms with E-state index in [1.54, 1.807) is 35.5 Å². The van der Waals surface area contributed by atoms with Crippen molar-refractivity contribution < 1.29 is 13.2 Å². The number of anilines is 1. The van der Waals surface area contributed by atoms with Crippen LogP contribution in [0.4, 0.5) is 5.69 Å². The summed E-state index contributed by atoms with van der Waals surface area (Å²) >= 11 is 0. The number of hydrogen-bond acceptors (Lipinski definition) is 4. The van der Waals surface area contributed by atoms with Crippen LogP contribution in [0.2, 0.25) is 0 Å². The number of hydrogen-bond donors (Lipinski definition) is 1. The summed E-state index contributed by atoms with van der Waals surface area (Å²) in [5.74, 6) is 0.850. The molecule has 1 amide bonds. The van der Waals surface area contributed by atoms with Crippen LogP contribution >= 0.6 is 0 Å².